The lowest BCUT2D eigenvalue weighted by atomic mass is 10.3. The predicted molar refractivity (Wildman–Crippen MR) is 67.0 cm³/mol. The number of hydrogen-bond donors (Lipinski definition) is 1. The van der Waals surface area contributed by atoms with Crippen molar-refractivity contribution in [1.29, 1.82) is 0 Å². The second kappa shape index (κ2) is 5.00. The third-order valence-electron chi connectivity index (χ3n) is 2.60. The van der Waals surface area contributed by atoms with Gasteiger partial charge in [0.1, 0.15) is 5.82 Å². The first-order valence-electron chi connectivity index (χ1n) is 5.71. The topological polar surface area (TPSA) is 46.9 Å². The second-order valence-corrected chi connectivity index (χ2v) is 3.95. The van der Waals surface area contributed by atoms with Gasteiger partial charge in [-0.3, -0.25) is 9.48 Å². The van der Waals surface area contributed by atoms with Gasteiger partial charge in [-0.1, -0.05) is 6.07 Å². The number of aryl methyl sites for hydroxylation is 2. The van der Waals surface area contributed by atoms with Gasteiger partial charge in [-0.2, -0.15) is 5.10 Å². The predicted octanol–water partition coefficient (Wildman–Crippen LogP) is 2.60. The van der Waals surface area contributed by atoms with Crippen LogP contribution in [0.3, 0.4) is 0 Å². The molecule has 0 spiro atoms. The highest BCUT2D eigenvalue weighted by atomic mass is 19.1. The molecule has 1 aromatic heterocycles. The van der Waals surface area contributed by atoms with Gasteiger partial charge in [0.25, 0.3) is 5.91 Å². The van der Waals surface area contributed by atoms with Crippen LogP contribution in [0.2, 0.25) is 0 Å². The molecule has 0 aliphatic carbocycles. The highest BCUT2D eigenvalue weighted by Gasteiger charge is 2.12. The van der Waals surface area contributed by atoms with Gasteiger partial charge in [-0.25, -0.2) is 4.39 Å². The molecule has 1 N–H and O–H groups in total. The second-order valence-electron chi connectivity index (χ2n) is 3.95. The molecule has 1 amide bonds. The van der Waals surface area contributed by atoms with Crippen molar-refractivity contribution in [3.8, 4) is 0 Å². The van der Waals surface area contributed by atoms with E-state index < -0.39 is 0 Å². The average molecular weight is 247 g/mol. The summed E-state index contributed by atoms with van der Waals surface area (Å²) in [5.74, 6) is -0.723. The maximum atomic E-state index is 13.0. The minimum atomic E-state index is -0.386. The van der Waals surface area contributed by atoms with E-state index in [1.54, 1.807) is 22.9 Å². The number of hydrogen-bond acceptors (Lipinski definition) is 2. The van der Waals surface area contributed by atoms with Crippen molar-refractivity contribution in [2.45, 2.75) is 20.4 Å². The largest absolute Gasteiger partial charge is 0.320 e. The molecule has 2 rings (SSSR count). The van der Waals surface area contributed by atoms with Gasteiger partial charge in [0.05, 0.1) is 0 Å². The van der Waals surface area contributed by atoms with Crippen molar-refractivity contribution < 1.29 is 9.18 Å². The first kappa shape index (κ1) is 12.3. The van der Waals surface area contributed by atoms with E-state index in [-0.39, 0.29) is 11.7 Å². The Kier molecular flexibility index (Phi) is 3.41. The van der Waals surface area contributed by atoms with Crippen LogP contribution in [-0.4, -0.2) is 15.7 Å². The lowest BCUT2D eigenvalue weighted by molar-refractivity contribution is 0.102. The molecule has 0 saturated heterocycles. The fourth-order valence-electron chi connectivity index (χ4n) is 1.70. The number of rotatable bonds is 3. The Balaban J connectivity index is 2.16. The van der Waals surface area contributed by atoms with E-state index in [1.807, 2.05) is 13.8 Å². The Hall–Kier alpha value is -2.17. The maximum Gasteiger partial charge on any atom is 0.276 e. The van der Waals surface area contributed by atoms with Crippen LogP contribution in [0, 0.1) is 12.7 Å². The molecule has 0 saturated carbocycles. The van der Waals surface area contributed by atoms with Gasteiger partial charge in [0, 0.05) is 17.9 Å². The van der Waals surface area contributed by atoms with Crippen LogP contribution in [0.4, 0.5) is 10.1 Å². The van der Waals surface area contributed by atoms with Gasteiger partial charge >= 0.3 is 0 Å². The number of carbonyl (C=O) groups excluding carboxylic acids is 1. The monoisotopic (exact) mass is 247 g/mol. The first-order chi connectivity index (χ1) is 8.60. The van der Waals surface area contributed by atoms with Crippen LogP contribution in [0.5, 0.6) is 0 Å². The number of aromatic nitrogens is 2. The summed E-state index contributed by atoms with van der Waals surface area (Å²) in [6, 6.07) is 7.47. The van der Waals surface area contributed by atoms with Crippen molar-refractivity contribution in [2.24, 2.45) is 0 Å². The van der Waals surface area contributed by atoms with E-state index in [0.29, 0.717) is 17.9 Å². The zero-order chi connectivity index (χ0) is 13.1. The maximum absolute atomic E-state index is 13.0. The molecular weight excluding hydrogens is 233 g/mol. The summed E-state index contributed by atoms with van der Waals surface area (Å²) in [6.07, 6.45) is 0. The fourth-order valence-corrected chi connectivity index (χ4v) is 1.70. The Morgan fingerprint density at radius 3 is 2.83 bits per heavy atom. The van der Waals surface area contributed by atoms with Crippen molar-refractivity contribution in [3.05, 3.63) is 47.5 Å². The van der Waals surface area contributed by atoms with Crippen LogP contribution < -0.4 is 5.32 Å². The zero-order valence-electron chi connectivity index (χ0n) is 10.3. The molecule has 1 aromatic carbocycles. The van der Waals surface area contributed by atoms with E-state index in [4.69, 9.17) is 0 Å². The molecule has 4 nitrogen and oxygen atoms in total. The number of nitrogens with zero attached hydrogens (tertiary/aromatic N) is 2. The van der Waals surface area contributed by atoms with E-state index >= 15 is 0 Å². The highest BCUT2D eigenvalue weighted by molar-refractivity contribution is 6.02. The molecule has 0 fully saturated rings. The van der Waals surface area contributed by atoms with Crippen molar-refractivity contribution >= 4 is 11.6 Å². The Bertz CT molecular complexity index is 577. The molecule has 94 valence electrons. The molecular formula is C13H14FN3O. The lowest BCUT2D eigenvalue weighted by Crippen LogP contribution is -2.13. The third kappa shape index (κ3) is 2.56. The summed E-state index contributed by atoms with van der Waals surface area (Å²) in [4.78, 5) is 11.9. The lowest BCUT2D eigenvalue weighted by Gasteiger charge is -2.02. The normalized spacial score (nSPS) is 10.4. The van der Waals surface area contributed by atoms with Gasteiger partial charge < -0.3 is 5.32 Å². The van der Waals surface area contributed by atoms with E-state index in [1.165, 1.54) is 12.1 Å². The third-order valence-corrected chi connectivity index (χ3v) is 2.60. The van der Waals surface area contributed by atoms with E-state index in [2.05, 4.69) is 10.4 Å². The van der Waals surface area contributed by atoms with Crippen molar-refractivity contribution in [2.75, 3.05) is 5.32 Å². The SMILES string of the molecule is CCn1nc(C(=O)Nc2cccc(F)c2)cc1C. The fraction of sp³-hybridized carbons (Fsp3) is 0.231. The van der Waals surface area contributed by atoms with Crippen LogP contribution in [0.15, 0.2) is 30.3 Å². The molecule has 18 heavy (non-hydrogen) atoms. The Labute approximate surface area is 104 Å². The molecule has 2 aromatic rings. The standard InChI is InChI=1S/C13H14FN3O/c1-3-17-9(2)7-12(16-17)13(18)15-11-6-4-5-10(14)8-11/h4-8H,3H2,1-2H3,(H,15,18). The zero-order valence-corrected chi connectivity index (χ0v) is 10.3. The smallest absolute Gasteiger partial charge is 0.276 e. The molecule has 0 unspecified atom stereocenters. The van der Waals surface area contributed by atoms with Crippen LogP contribution in [0.1, 0.15) is 23.1 Å². The van der Waals surface area contributed by atoms with Crippen LogP contribution in [0.25, 0.3) is 0 Å². The summed E-state index contributed by atoms with van der Waals surface area (Å²) in [5, 5.41) is 6.77. The molecule has 0 atom stereocenters. The molecule has 0 aliphatic rings. The summed E-state index contributed by atoms with van der Waals surface area (Å²) in [6.45, 7) is 4.54. The van der Waals surface area contributed by atoms with Crippen molar-refractivity contribution in [1.82, 2.24) is 9.78 Å². The van der Waals surface area contributed by atoms with Gasteiger partial charge in [-0.15, -0.1) is 0 Å². The van der Waals surface area contributed by atoms with Gasteiger partial charge in [0.15, 0.2) is 5.69 Å². The minimum absolute atomic E-state index is 0.332. The average Bonchev–Trinajstić information content (AvgIpc) is 2.70. The van der Waals surface area contributed by atoms with Crippen molar-refractivity contribution in [3.63, 3.8) is 0 Å². The number of amides is 1. The minimum Gasteiger partial charge on any atom is -0.320 e. The van der Waals surface area contributed by atoms with E-state index in [0.717, 1.165) is 5.69 Å². The Morgan fingerprint density at radius 2 is 2.22 bits per heavy atom. The van der Waals surface area contributed by atoms with Crippen LogP contribution in [-0.2, 0) is 6.54 Å². The Morgan fingerprint density at radius 1 is 1.44 bits per heavy atom. The van der Waals surface area contributed by atoms with E-state index in [9.17, 15) is 9.18 Å². The number of nitrogens with one attached hydrogen (secondary N) is 1. The molecule has 5 heteroatoms. The summed E-state index contributed by atoms with van der Waals surface area (Å²) in [7, 11) is 0. The van der Waals surface area contributed by atoms with Gasteiger partial charge in [0.2, 0.25) is 0 Å². The number of carbonyl (C=O) groups is 1. The summed E-state index contributed by atoms with van der Waals surface area (Å²) >= 11 is 0. The summed E-state index contributed by atoms with van der Waals surface area (Å²) < 4.78 is 14.7. The van der Waals surface area contributed by atoms with Crippen LogP contribution >= 0.6 is 0 Å². The summed E-state index contributed by atoms with van der Waals surface area (Å²) in [5.41, 5.74) is 1.67. The molecule has 0 aliphatic heterocycles. The number of halogens is 1. The van der Waals surface area contributed by atoms with Gasteiger partial charge in [-0.05, 0) is 38.1 Å². The first-order valence-corrected chi connectivity index (χ1v) is 5.71. The molecule has 1 heterocycles. The molecule has 0 radical (unpaired) electrons. The number of anilines is 1. The number of benzene rings is 1. The highest BCUT2D eigenvalue weighted by Crippen LogP contribution is 2.11. The quantitative estimate of drug-likeness (QED) is 0.906. The molecule has 0 bridgehead atoms.